The number of ether oxygens (including phenoxy) is 1. The molecule has 0 spiro atoms. The van der Waals surface area contributed by atoms with Crippen LogP contribution in [0.2, 0.25) is 0 Å². The first kappa shape index (κ1) is 31.0. The SMILES string of the molecule is O=S(=O)(OC1CCCC2CCCCC21O)c1ccc(Oc2ccc(S(=O)(=O)OC3CCCC4CCCCC43O)cc2)cc1. The highest BCUT2D eigenvalue weighted by molar-refractivity contribution is 7.87. The molecule has 4 fully saturated rings. The van der Waals surface area contributed by atoms with Crippen molar-refractivity contribution in [1.29, 1.82) is 0 Å². The van der Waals surface area contributed by atoms with Crippen molar-refractivity contribution in [3.05, 3.63) is 48.5 Å². The molecule has 6 unspecified atom stereocenters. The van der Waals surface area contributed by atoms with E-state index in [9.17, 15) is 27.0 Å². The predicted octanol–water partition coefficient (Wildman–Crippen LogP) is 5.84. The number of hydrogen-bond donors (Lipinski definition) is 2. The molecule has 0 amide bonds. The zero-order chi connectivity index (χ0) is 30.3. The molecule has 0 aliphatic heterocycles. The fourth-order valence-corrected chi connectivity index (χ4v) is 10.2. The molecule has 43 heavy (non-hydrogen) atoms. The maximum Gasteiger partial charge on any atom is 0.297 e. The lowest BCUT2D eigenvalue weighted by molar-refractivity contribution is -0.142. The normalized spacial score (nSPS) is 33.3. The van der Waals surface area contributed by atoms with Crippen molar-refractivity contribution in [3.63, 3.8) is 0 Å². The molecule has 6 rings (SSSR count). The van der Waals surface area contributed by atoms with Crippen molar-refractivity contribution in [1.82, 2.24) is 0 Å². The Bertz CT molecular complexity index is 1370. The van der Waals surface area contributed by atoms with Crippen LogP contribution in [0.3, 0.4) is 0 Å². The summed E-state index contributed by atoms with van der Waals surface area (Å²) in [4.78, 5) is -0.0471. The van der Waals surface area contributed by atoms with Crippen LogP contribution in [0.4, 0.5) is 0 Å². The van der Waals surface area contributed by atoms with Gasteiger partial charge in [-0.15, -0.1) is 0 Å². The number of benzene rings is 2. The fraction of sp³-hybridized carbons (Fsp3) is 0.625. The van der Waals surface area contributed by atoms with Crippen LogP contribution in [0.15, 0.2) is 58.3 Å². The van der Waals surface area contributed by atoms with Gasteiger partial charge in [-0.05, 0) is 112 Å². The van der Waals surface area contributed by atoms with Crippen LogP contribution in [0.25, 0.3) is 0 Å². The molecule has 0 aromatic heterocycles. The maximum absolute atomic E-state index is 13.1. The molecule has 0 heterocycles. The molecular weight excluding hydrogens is 592 g/mol. The Morgan fingerprint density at radius 1 is 0.535 bits per heavy atom. The van der Waals surface area contributed by atoms with Gasteiger partial charge in [0.05, 0.1) is 21.0 Å². The average molecular weight is 635 g/mol. The van der Waals surface area contributed by atoms with Gasteiger partial charge in [-0.1, -0.05) is 38.5 Å². The van der Waals surface area contributed by atoms with E-state index in [2.05, 4.69) is 0 Å². The van der Waals surface area contributed by atoms with E-state index in [1.807, 2.05) is 0 Å². The summed E-state index contributed by atoms with van der Waals surface area (Å²) in [5.74, 6) is 0.868. The summed E-state index contributed by atoms with van der Waals surface area (Å²) in [7, 11) is -8.20. The molecule has 0 radical (unpaired) electrons. The summed E-state index contributed by atoms with van der Waals surface area (Å²) >= 11 is 0. The zero-order valence-electron chi connectivity index (χ0n) is 24.4. The predicted molar refractivity (Wildman–Crippen MR) is 159 cm³/mol. The van der Waals surface area contributed by atoms with E-state index in [1.165, 1.54) is 48.5 Å². The molecule has 6 atom stereocenters. The van der Waals surface area contributed by atoms with Crippen LogP contribution in [-0.4, -0.2) is 50.5 Å². The van der Waals surface area contributed by atoms with Crippen molar-refractivity contribution < 1.29 is 40.2 Å². The smallest absolute Gasteiger partial charge is 0.297 e. The van der Waals surface area contributed by atoms with Crippen molar-refractivity contribution in [2.45, 2.75) is 123 Å². The van der Waals surface area contributed by atoms with Gasteiger partial charge in [0.15, 0.2) is 0 Å². The Labute approximate surface area is 254 Å². The lowest BCUT2D eigenvalue weighted by Crippen LogP contribution is -2.54. The molecule has 236 valence electrons. The molecular formula is C32H42O9S2. The molecule has 2 N–H and O–H groups in total. The molecule has 4 aliphatic carbocycles. The maximum atomic E-state index is 13.1. The first-order valence-electron chi connectivity index (χ1n) is 15.7. The highest BCUT2D eigenvalue weighted by Gasteiger charge is 2.51. The topological polar surface area (TPSA) is 136 Å². The molecule has 0 saturated heterocycles. The zero-order valence-corrected chi connectivity index (χ0v) is 26.0. The highest BCUT2D eigenvalue weighted by Crippen LogP contribution is 2.47. The minimum atomic E-state index is -4.10. The van der Waals surface area contributed by atoms with Crippen molar-refractivity contribution in [2.75, 3.05) is 0 Å². The molecule has 2 aromatic rings. The van der Waals surface area contributed by atoms with Gasteiger partial charge in [0.1, 0.15) is 23.7 Å². The van der Waals surface area contributed by atoms with E-state index >= 15 is 0 Å². The van der Waals surface area contributed by atoms with E-state index in [1.54, 1.807) is 0 Å². The van der Waals surface area contributed by atoms with Gasteiger partial charge in [-0.25, -0.2) is 0 Å². The van der Waals surface area contributed by atoms with Crippen LogP contribution in [0.5, 0.6) is 11.5 Å². The second-order valence-electron chi connectivity index (χ2n) is 12.9. The summed E-state index contributed by atoms with van der Waals surface area (Å²) in [5.41, 5.74) is -2.21. The monoisotopic (exact) mass is 634 g/mol. The molecule has 0 bridgehead atoms. The van der Waals surface area contributed by atoms with Crippen LogP contribution < -0.4 is 4.74 Å². The van der Waals surface area contributed by atoms with E-state index < -0.39 is 43.6 Å². The summed E-state index contributed by atoms with van der Waals surface area (Å²) < 4.78 is 69.5. The Kier molecular flexibility index (Phi) is 8.69. The fourth-order valence-electron chi connectivity index (χ4n) is 7.91. The Morgan fingerprint density at radius 2 is 0.907 bits per heavy atom. The Morgan fingerprint density at radius 3 is 1.30 bits per heavy atom. The van der Waals surface area contributed by atoms with Crippen LogP contribution in [0, 0.1) is 11.8 Å². The number of fused-ring (bicyclic) bond motifs is 2. The Hall–Kier alpha value is -2.02. The van der Waals surface area contributed by atoms with Crippen molar-refractivity contribution >= 4 is 20.2 Å². The minimum absolute atomic E-state index is 0.0236. The number of aliphatic hydroxyl groups is 2. The first-order valence-corrected chi connectivity index (χ1v) is 18.5. The van der Waals surface area contributed by atoms with Crippen molar-refractivity contribution in [3.8, 4) is 11.5 Å². The quantitative estimate of drug-likeness (QED) is 0.343. The second-order valence-corrected chi connectivity index (χ2v) is 16.0. The summed E-state index contributed by atoms with van der Waals surface area (Å²) in [6, 6.07) is 11.6. The van der Waals surface area contributed by atoms with Crippen molar-refractivity contribution in [2.24, 2.45) is 11.8 Å². The van der Waals surface area contributed by atoms with Gasteiger partial charge in [0.2, 0.25) is 0 Å². The largest absolute Gasteiger partial charge is 0.457 e. The molecule has 9 nitrogen and oxygen atoms in total. The van der Waals surface area contributed by atoms with E-state index in [-0.39, 0.29) is 21.6 Å². The Balaban J connectivity index is 1.09. The van der Waals surface area contributed by atoms with E-state index in [0.717, 1.165) is 64.2 Å². The molecule has 4 aliphatic rings. The van der Waals surface area contributed by atoms with Crippen LogP contribution in [0.1, 0.15) is 89.9 Å². The van der Waals surface area contributed by atoms with Gasteiger partial charge in [0, 0.05) is 0 Å². The van der Waals surface area contributed by atoms with Gasteiger partial charge < -0.3 is 14.9 Å². The van der Waals surface area contributed by atoms with E-state index in [4.69, 9.17) is 13.1 Å². The second kappa shape index (κ2) is 12.1. The molecule has 11 heteroatoms. The third-order valence-corrected chi connectivity index (χ3v) is 12.9. The molecule has 4 saturated carbocycles. The van der Waals surface area contributed by atoms with Crippen LogP contribution >= 0.6 is 0 Å². The van der Waals surface area contributed by atoms with Gasteiger partial charge in [-0.3, -0.25) is 8.37 Å². The third-order valence-electron chi connectivity index (χ3n) is 10.3. The third kappa shape index (κ3) is 6.26. The highest BCUT2D eigenvalue weighted by atomic mass is 32.2. The number of hydrogen-bond acceptors (Lipinski definition) is 9. The van der Waals surface area contributed by atoms with Crippen LogP contribution in [-0.2, 0) is 28.6 Å². The number of rotatable bonds is 8. The standard InChI is InChI=1S/C32H42O9S2/c33-31-21-3-1-7-23(31)9-5-11-29(31)40-42(35,36)27-17-13-25(14-18-27)39-26-15-19-28(20-16-26)43(37,38)41-30-12-6-10-24-8-2-4-22-32(24,30)34/h13-20,23-24,29-30,33-34H,1-12,21-22H2. The van der Waals surface area contributed by atoms with Gasteiger partial charge in [0.25, 0.3) is 20.2 Å². The lowest BCUT2D eigenvalue weighted by Gasteiger charge is -2.47. The first-order chi connectivity index (χ1) is 20.5. The van der Waals surface area contributed by atoms with Gasteiger partial charge in [-0.2, -0.15) is 16.8 Å². The summed E-state index contributed by atoms with van der Waals surface area (Å²) in [5, 5.41) is 22.6. The average Bonchev–Trinajstić information content (AvgIpc) is 2.98. The minimum Gasteiger partial charge on any atom is -0.457 e. The summed E-state index contributed by atoms with van der Waals surface area (Å²) in [6.07, 6.45) is 9.68. The van der Waals surface area contributed by atoms with Gasteiger partial charge >= 0.3 is 0 Å². The summed E-state index contributed by atoms with van der Waals surface area (Å²) in [6.45, 7) is 0. The van der Waals surface area contributed by atoms with E-state index in [0.29, 0.717) is 37.2 Å². The lowest BCUT2D eigenvalue weighted by atomic mass is 9.66. The molecule has 2 aromatic carbocycles.